The molecule has 0 bridgehead atoms. The molecule has 0 saturated heterocycles. The Morgan fingerprint density at radius 1 is 1.22 bits per heavy atom. The second kappa shape index (κ2) is 7.02. The van der Waals surface area contributed by atoms with E-state index in [1.165, 1.54) is 4.52 Å². The van der Waals surface area contributed by atoms with Gasteiger partial charge in [0, 0.05) is 11.6 Å². The highest BCUT2D eigenvalue weighted by atomic mass is 16.3. The molecular formula is C21H20N8O3. The third-order valence-corrected chi connectivity index (χ3v) is 5.75. The van der Waals surface area contributed by atoms with Crippen LogP contribution in [0, 0.1) is 0 Å². The van der Waals surface area contributed by atoms with Crippen LogP contribution in [0.1, 0.15) is 35.7 Å². The van der Waals surface area contributed by atoms with Crippen LogP contribution < -0.4 is 21.8 Å². The van der Waals surface area contributed by atoms with Crippen LogP contribution >= 0.6 is 0 Å². The van der Waals surface area contributed by atoms with E-state index in [9.17, 15) is 15.0 Å². The smallest absolute Gasteiger partial charge is 0.326 e. The number of aromatic hydroxyl groups is 1. The molecule has 5 N–H and O–H groups in total. The summed E-state index contributed by atoms with van der Waals surface area (Å²) >= 11 is 0. The fourth-order valence-electron chi connectivity index (χ4n) is 4.03. The second-order valence-electron chi connectivity index (χ2n) is 8.12. The van der Waals surface area contributed by atoms with E-state index >= 15 is 0 Å². The zero-order chi connectivity index (χ0) is 21.8. The predicted molar refractivity (Wildman–Crippen MR) is 114 cm³/mol. The number of aliphatic hydroxyl groups excluding tert-OH is 1. The number of imidazole rings is 1. The summed E-state index contributed by atoms with van der Waals surface area (Å²) in [5.74, 6) is 0.0509. The van der Waals surface area contributed by atoms with Crippen LogP contribution in [0.4, 0.5) is 5.95 Å². The summed E-state index contributed by atoms with van der Waals surface area (Å²) in [7, 11) is 0. The lowest BCUT2D eigenvalue weighted by atomic mass is 10.1. The average molecular weight is 432 g/mol. The van der Waals surface area contributed by atoms with Crippen molar-refractivity contribution in [1.29, 1.82) is 0 Å². The SMILES string of the molecule is O=c1[nH]c(O)c(/C=c2\cnn3c(=NC4CC4)nc(N[C@H]4c5ccccc5C[C@@H]4O)nc23)[nH]1. The molecule has 2 atom stereocenters. The molecule has 4 aromatic rings. The largest absolute Gasteiger partial charge is 0.493 e. The molecule has 11 nitrogen and oxygen atoms in total. The zero-order valence-corrected chi connectivity index (χ0v) is 16.9. The van der Waals surface area contributed by atoms with Gasteiger partial charge in [-0.2, -0.15) is 19.6 Å². The Balaban J connectivity index is 1.49. The Hall–Kier alpha value is -3.99. The van der Waals surface area contributed by atoms with Gasteiger partial charge in [0.25, 0.3) is 5.62 Å². The van der Waals surface area contributed by atoms with E-state index in [1.807, 2.05) is 24.3 Å². The van der Waals surface area contributed by atoms with Gasteiger partial charge < -0.3 is 20.5 Å². The van der Waals surface area contributed by atoms with Crippen LogP contribution in [0.15, 0.2) is 40.2 Å². The maximum Gasteiger partial charge on any atom is 0.326 e. The third-order valence-electron chi connectivity index (χ3n) is 5.75. The molecule has 11 heteroatoms. The Kier molecular flexibility index (Phi) is 4.12. The molecule has 2 aliphatic rings. The van der Waals surface area contributed by atoms with E-state index in [0.717, 1.165) is 24.0 Å². The first-order valence-corrected chi connectivity index (χ1v) is 10.4. The predicted octanol–water partition coefficient (Wildman–Crippen LogP) is -0.473. The minimum absolute atomic E-state index is 0.209. The average Bonchev–Trinajstić information content (AvgIpc) is 3.29. The van der Waals surface area contributed by atoms with Crippen molar-refractivity contribution in [1.82, 2.24) is 29.5 Å². The van der Waals surface area contributed by atoms with Crippen LogP contribution in [0.25, 0.3) is 11.7 Å². The van der Waals surface area contributed by atoms with Crippen molar-refractivity contribution >= 4 is 17.7 Å². The fourth-order valence-corrected chi connectivity index (χ4v) is 4.03. The van der Waals surface area contributed by atoms with Gasteiger partial charge in [-0.05, 0) is 30.0 Å². The summed E-state index contributed by atoms with van der Waals surface area (Å²) in [6.07, 6.45) is 5.11. The molecule has 1 saturated carbocycles. The van der Waals surface area contributed by atoms with Crippen molar-refractivity contribution in [2.45, 2.75) is 37.5 Å². The standard InChI is InChI=1S/C21H20N8O3/c30-15-8-10-3-1-2-4-13(10)16(15)25-19-26-17-11(7-14-18(31)27-21(32)24-14)9-22-29(17)20(28-19)23-12-5-6-12/h1-4,7,9,12,15-16,30-31H,5-6,8H2,(H,23,25,28)(H2,24,27,32)/b11-7+/t15-,16-/m0/s1. The van der Waals surface area contributed by atoms with Gasteiger partial charge in [-0.3, -0.25) is 4.98 Å². The summed E-state index contributed by atoms with van der Waals surface area (Å²) in [4.78, 5) is 30.1. The summed E-state index contributed by atoms with van der Waals surface area (Å²) in [5.41, 5.74) is 2.68. The normalized spacial score (nSPS) is 21.4. The maximum atomic E-state index is 11.5. The lowest BCUT2D eigenvalue weighted by Gasteiger charge is -2.17. The highest BCUT2D eigenvalue weighted by Crippen LogP contribution is 2.33. The number of fused-ring (bicyclic) bond motifs is 2. The summed E-state index contributed by atoms with van der Waals surface area (Å²) in [6, 6.07) is 7.76. The van der Waals surface area contributed by atoms with Crippen LogP contribution in [0.3, 0.4) is 0 Å². The number of nitrogens with one attached hydrogen (secondary N) is 3. The van der Waals surface area contributed by atoms with E-state index in [2.05, 4.69) is 35.3 Å². The molecule has 1 fully saturated rings. The monoisotopic (exact) mass is 432 g/mol. The molecule has 0 spiro atoms. The summed E-state index contributed by atoms with van der Waals surface area (Å²) < 4.78 is 1.54. The third kappa shape index (κ3) is 3.23. The van der Waals surface area contributed by atoms with Crippen molar-refractivity contribution < 1.29 is 10.2 Å². The topological polar surface area (TPSA) is 157 Å². The minimum atomic E-state index is -0.603. The molecule has 3 heterocycles. The zero-order valence-electron chi connectivity index (χ0n) is 16.9. The van der Waals surface area contributed by atoms with Crippen LogP contribution in [-0.4, -0.2) is 51.9 Å². The minimum Gasteiger partial charge on any atom is -0.493 e. The van der Waals surface area contributed by atoms with E-state index < -0.39 is 11.8 Å². The fraction of sp³-hybridized carbons (Fsp3) is 0.286. The van der Waals surface area contributed by atoms with Crippen molar-refractivity contribution in [2.24, 2.45) is 4.99 Å². The number of benzene rings is 1. The van der Waals surface area contributed by atoms with E-state index in [-0.39, 0.29) is 23.7 Å². The number of aromatic amines is 2. The van der Waals surface area contributed by atoms with Crippen LogP contribution in [0.5, 0.6) is 5.88 Å². The first-order chi connectivity index (χ1) is 15.5. The molecule has 0 aliphatic heterocycles. The number of anilines is 1. The highest BCUT2D eigenvalue weighted by Gasteiger charge is 2.31. The Labute approximate surface area is 180 Å². The second-order valence-corrected chi connectivity index (χ2v) is 8.12. The van der Waals surface area contributed by atoms with Crippen LogP contribution in [0.2, 0.25) is 0 Å². The molecule has 1 aromatic carbocycles. The Morgan fingerprint density at radius 2 is 2.06 bits per heavy atom. The molecule has 3 aromatic heterocycles. The number of hydrogen-bond donors (Lipinski definition) is 5. The van der Waals surface area contributed by atoms with Gasteiger partial charge >= 0.3 is 5.69 Å². The maximum absolute atomic E-state index is 11.5. The highest BCUT2D eigenvalue weighted by molar-refractivity contribution is 5.57. The first kappa shape index (κ1) is 18.8. The molecule has 6 rings (SSSR count). The van der Waals surface area contributed by atoms with E-state index in [4.69, 9.17) is 0 Å². The van der Waals surface area contributed by atoms with Gasteiger partial charge in [0.2, 0.25) is 11.8 Å². The number of rotatable bonds is 4. The van der Waals surface area contributed by atoms with E-state index in [0.29, 0.717) is 28.9 Å². The summed E-state index contributed by atoms with van der Waals surface area (Å²) in [5, 5.41) is 28.7. The lowest BCUT2D eigenvalue weighted by Crippen LogP contribution is -2.28. The molecule has 162 valence electrons. The van der Waals surface area contributed by atoms with Gasteiger partial charge in [-0.15, -0.1) is 0 Å². The number of hydrogen-bond acceptors (Lipinski definition) is 8. The number of aliphatic hydroxyl groups is 1. The molecule has 0 amide bonds. The molecule has 0 unspecified atom stereocenters. The van der Waals surface area contributed by atoms with Gasteiger partial charge in [-0.25, -0.2) is 9.79 Å². The van der Waals surface area contributed by atoms with Gasteiger partial charge in [-0.1, -0.05) is 24.3 Å². The summed E-state index contributed by atoms with van der Waals surface area (Å²) in [6.45, 7) is 0. The lowest BCUT2D eigenvalue weighted by molar-refractivity contribution is 0.165. The van der Waals surface area contributed by atoms with Crippen molar-refractivity contribution in [3.63, 3.8) is 0 Å². The number of H-pyrrole nitrogens is 2. The van der Waals surface area contributed by atoms with Crippen molar-refractivity contribution in [3.05, 3.63) is 68.6 Å². The number of nitrogens with zero attached hydrogens (tertiary/aromatic N) is 5. The number of aromatic nitrogens is 6. The first-order valence-electron chi connectivity index (χ1n) is 10.4. The Morgan fingerprint density at radius 3 is 2.84 bits per heavy atom. The molecule has 32 heavy (non-hydrogen) atoms. The van der Waals surface area contributed by atoms with Crippen molar-refractivity contribution in [2.75, 3.05) is 5.32 Å². The molecular weight excluding hydrogens is 412 g/mol. The van der Waals surface area contributed by atoms with Crippen molar-refractivity contribution in [3.8, 4) is 5.88 Å². The van der Waals surface area contributed by atoms with E-state index in [1.54, 1.807) is 12.3 Å². The Bertz CT molecular complexity index is 1510. The quantitative estimate of drug-likeness (QED) is 0.292. The van der Waals surface area contributed by atoms with Gasteiger partial charge in [0.15, 0.2) is 5.65 Å². The van der Waals surface area contributed by atoms with Gasteiger partial charge in [0.05, 0.1) is 24.4 Å². The molecule has 2 aliphatic carbocycles. The van der Waals surface area contributed by atoms with Gasteiger partial charge in [0.1, 0.15) is 5.69 Å². The molecule has 0 radical (unpaired) electrons. The van der Waals surface area contributed by atoms with Crippen LogP contribution in [-0.2, 0) is 6.42 Å².